The Kier molecular flexibility index (Phi) is 7.21. The van der Waals surface area contributed by atoms with Crippen LogP contribution in [-0.2, 0) is 0 Å². The predicted octanol–water partition coefficient (Wildman–Crippen LogP) is 3.80. The molecule has 1 aromatic heterocycles. The van der Waals surface area contributed by atoms with E-state index in [0.29, 0.717) is 49.2 Å². The van der Waals surface area contributed by atoms with Gasteiger partial charge in [-0.3, -0.25) is 9.78 Å². The summed E-state index contributed by atoms with van der Waals surface area (Å²) in [5.41, 5.74) is 1.17. The maximum atomic E-state index is 14.3. The second-order valence-corrected chi connectivity index (χ2v) is 7.35. The first-order valence-corrected chi connectivity index (χ1v) is 10.1. The van der Waals surface area contributed by atoms with Crippen LogP contribution in [0.25, 0.3) is 11.3 Å². The van der Waals surface area contributed by atoms with Crippen LogP contribution in [0.15, 0.2) is 36.5 Å². The highest BCUT2D eigenvalue weighted by Crippen LogP contribution is 2.23. The number of hydrogen-bond donors (Lipinski definition) is 2. The minimum absolute atomic E-state index is 0.0149. The van der Waals surface area contributed by atoms with Crippen LogP contribution >= 0.6 is 0 Å². The second-order valence-electron chi connectivity index (χ2n) is 7.35. The number of carbonyl (C=O) groups is 2. The Hall–Kier alpha value is -3.16. The highest BCUT2D eigenvalue weighted by Gasteiger charge is 2.22. The molecule has 0 spiro atoms. The number of carboxylic acid groups (broad SMARTS) is 1. The van der Waals surface area contributed by atoms with Gasteiger partial charge in [0.2, 0.25) is 0 Å². The number of likely N-dealkylation sites (tertiary alicyclic amines) is 1. The summed E-state index contributed by atoms with van der Waals surface area (Å²) in [4.78, 5) is 28.7. The summed E-state index contributed by atoms with van der Waals surface area (Å²) < 4.78 is 20.1. The molecule has 1 fully saturated rings. The fraction of sp³-hybridized carbons (Fsp3) is 0.409. The first-order valence-electron chi connectivity index (χ1n) is 10.1. The molecular formula is C22H26FN3O4. The van der Waals surface area contributed by atoms with E-state index in [-0.39, 0.29) is 5.56 Å². The second kappa shape index (κ2) is 10.0. The van der Waals surface area contributed by atoms with Crippen molar-refractivity contribution in [3.05, 3.63) is 47.9 Å². The summed E-state index contributed by atoms with van der Waals surface area (Å²) in [6.45, 7) is 3.99. The molecule has 2 heterocycles. The summed E-state index contributed by atoms with van der Waals surface area (Å²) in [6.07, 6.45) is 3.04. The lowest BCUT2D eigenvalue weighted by molar-refractivity contribution is 0.0949. The molecule has 7 nitrogen and oxygen atoms in total. The van der Waals surface area contributed by atoms with Crippen molar-refractivity contribution in [2.24, 2.45) is 5.92 Å². The van der Waals surface area contributed by atoms with E-state index in [1.165, 1.54) is 17.0 Å². The summed E-state index contributed by atoms with van der Waals surface area (Å²) >= 11 is 0. The molecule has 2 aromatic rings. The van der Waals surface area contributed by atoms with Gasteiger partial charge in [-0.2, -0.15) is 0 Å². The molecule has 30 heavy (non-hydrogen) atoms. The molecule has 0 bridgehead atoms. The van der Waals surface area contributed by atoms with Gasteiger partial charge in [0.15, 0.2) is 0 Å². The molecule has 2 amide bonds. The molecule has 3 rings (SSSR count). The maximum Gasteiger partial charge on any atom is 0.407 e. The average Bonchev–Trinajstić information content (AvgIpc) is 2.76. The molecule has 1 aliphatic rings. The van der Waals surface area contributed by atoms with Crippen molar-refractivity contribution >= 4 is 12.0 Å². The molecule has 1 saturated heterocycles. The summed E-state index contributed by atoms with van der Waals surface area (Å²) in [6, 6.07) is 7.96. The molecule has 0 saturated carbocycles. The number of rotatable bonds is 7. The van der Waals surface area contributed by atoms with Gasteiger partial charge in [0.25, 0.3) is 5.91 Å². The van der Waals surface area contributed by atoms with Crippen LogP contribution in [0.1, 0.15) is 36.5 Å². The van der Waals surface area contributed by atoms with Crippen molar-refractivity contribution in [1.29, 1.82) is 0 Å². The molecule has 1 aromatic carbocycles. The van der Waals surface area contributed by atoms with Gasteiger partial charge >= 0.3 is 6.09 Å². The summed E-state index contributed by atoms with van der Waals surface area (Å²) in [5, 5.41) is 11.7. The van der Waals surface area contributed by atoms with Crippen molar-refractivity contribution in [2.45, 2.75) is 26.2 Å². The number of nitrogens with one attached hydrogen (secondary N) is 1. The van der Waals surface area contributed by atoms with E-state index in [4.69, 9.17) is 9.84 Å². The number of amides is 2. The minimum Gasteiger partial charge on any atom is -0.492 e. The molecule has 1 aliphatic heterocycles. The zero-order chi connectivity index (χ0) is 21.5. The SMILES string of the molecule is CCCNC(=O)c1ccc(-c2ccc(OCC3CCN(C(=O)O)CC3)cn2)cc1F. The van der Waals surface area contributed by atoms with E-state index < -0.39 is 17.8 Å². The smallest absolute Gasteiger partial charge is 0.407 e. The normalized spacial score (nSPS) is 14.4. The number of pyridine rings is 1. The predicted molar refractivity (Wildman–Crippen MR) is 110 cm³/mol. The molecule has 0 radical (unpaired) electrons. The lowest BCUT2D eigenvalue weighted by atomic mass is 9.98. The zero-order valence-electron chi connectivity index (χ0n) is 16.9. The Morgan fingerprint density at radius 3 is 2.63 bits per heavy atom. The number of nitrogens with zero attached hydrogens (tertiary/aromatic N) is 2. The monoisotopic (exact) mass is 415 g/mol. The van der Waals surface area contributed by atoms with Gasteiger partial charge < -0.3 is 20.1 Å². The van der Waals surface area contributed by atoms with Crippen LogP contribution in [0.4, 0.5) is 9.18 Å². The quantitative estimate of drug-likeness (QED) is 0.718. The number of benzene rings is 1. The Morgan fingerprint density at radius 2 is 2.03 bits per heavy atom. The third-order valence-corrected chi connectivity index (χ3v) is 5.15. The van der Waals surface area contributed by atoms with E-state index in [0.717, 1.165) is 19.3 Å². The zero-order valence-corrected chi connectivity index (χ0v) is 16.9. The van der Waals surface area contributed by atoms with Crippen molar-refractivity contribution < 1.29 is 23.8 Å². The maximum absolute atomic E-state index is 14.3. The number of halogens is 1. The van der Waals surface area contributed by atoms with Crippen molar-refractivity contribution in [2.75, 3.05) is 26.2 Å². The van der Waals surface area contributed by atoms with Crippen LogP contribution < -0.4 is 10.1 Å². The standard InChI is InChI=1S/C22H26FN3O4/c1-2-9-24-21(27)18-5-3-16(12-19(18)23)20-6-4-17(13-25-20)30-14-15-7-10-26(11-8-15)22(28)29/h3-6,12-13,15H,2,7-11,14H2,1H3,(H,24,27)(H,28,29). The molecular weight excluding hydrogens is 389 g/mol. The largest absolute Gasteiger partial charge is 0.492 e. The molecule has 160 valence electrons. The Labute approximate surface area is 174 Å². The van der Waals surface area contributed by atoms with Crippen LogP contribution in [0.5, 0.6) is 5.75 Å². The van der Waals surface area contributed by atoms with Gasteiger partial charge in [-0.1, -0.05) is 13.0 Å². The Morgan fingerprint density at radius 1 is 1.27 bits per heavy atom. The van der Waals surface area contributed by atoms with E-state index in [1.807, 2.05) is 6.92 Å². The van der Waals surface area contributed by atoms with Crippen molar-refractivity contribution in [3.63, 3.8) is 0 Å². The highest BCUT2D eigenvalue weighted by molar-refractivity contribution is 5.94. The van der Waals surface area contributed by atoms with Crippen LogP contribution in [-0.4, -0.2) is 53.2 Å². The third kappa shape index (κ3) is 5.46. The highest BCUT2D eigenvalue weighted by atomic mass is 19.1. The number of hydrogen-bond acceptors (Lipinski definition) is 4. The van der Waals surface area contributed by atoms with E-state index in [9.17, 15) is 14.0 Å². The molecule has 0 unspecified atom stereocenters. The fourth-order valence-corrected chi connectivity index (χ4v) is 3.33. The fourth-order valence-electron chi connectivity index (χ4n) is 3.33. The van der Waals surface area contributed by atoms with E-state index in [1.54, 1.807) is 24.4 Å². The van der Waals surface area contributed by atoms with Crippen molar-refractivity contribution in [3.8, 4) is 17.0 Å². The van der Waals surface area contributed by atoms with E-state index >= 15 is 0 Å². The van der Waals surface area contributed by atoms with Gasteiger partial charge in [-0.25, -0.2) is 9.18 Å². The van der Waals surface area contributed by atoms with Crippen LogP contribution in [0.3, 0.4) is 0 Å². The minimum atomic E-state index is -0.875. The number of piperidine rings is 1. The molecule has 2 N–H and O–H groups in total. The van der Waals surface area contributed by atoms with Crippen molar-refractivity contribution in [1.82, 2.24) is 15.2 Å². The van der Waals surface area contributed by atoms with Gasteiger partial charge in [-0.05, 0) is 49.4 Å². The van der Waals surface area contributed by atoms with E-state index in [2.05, 4.69) is 10.3 Å². The van der Waals surface area contributed by atoms with Gasteiger partial charge in [0.05, 0.1) is 24.1 Å². The first kappa shape index (κ1) is 21.5. The average molecular weight is 415 g/mol. The summed E-state index contributed by atoms with van der Waals surface area (Å²) in [7, 11) is 0. The third-order valence-electron chi connectivity index (χ3n) is 5.15. The Balaban J connectivity index is 1.56. The van der Waals surface area contributed by atoms with Gasteiger partial charge in [-0.15, -0.1) is 0 Å². The topological polar surface area (TPSA) is 91.8 Å². The molecule has 0 atom stereocenters. The molecule has 8 heteroatoms. The number of ether oxygens (including phenoxy) is 1. The first-order chi connectivity index (χ1) is 14.5. The lowest BCUT2D eigenvalue weighted by Crippen LogP contribution is -2.38. The van der Waals surface area contributed by atoms with Crippen LogP contribution in [0.2, 0.25) is 0 Å². The number of aromatic nitrogens is 1. The summed E-state index contributed by atoms with van der Waals surface area (Å²) in [5.74, 6) is -0.0982. The van der Waals surface area contributed by atoms with Crippen LogP contribution in [0, 0.1) is 11.7 Å². The lowest BCUT2D eigenvalue weighted by Gasteiger charge is -2.29. The Bertz CT molecular complexity index is 880. The van der Waals surface area contributed by atoms with Gasteiger partial charge in [0.1, 0.15) is 11.6 Å². The van der Waals surface area contributed by atoms with Gasteiger partial charge in [0, 0.05) is 25.2 Å². The molecule has 0 aliphatic carbocycles. The number of carbonyl (C=O) groups excluding carboxylic acids is 1.